The first kappa shape index (κ1) is 16.1. The lowest BCUT2D eigenvalue weighted by Gasteiger charge is -2.27. The van der Waals surface area contributed by atoms with Crippen molar-refractivity contribution in [3.8, 4) is 0 Å². The van der Waals surface area contributed by atoms with Crippen LogP contribution in [0.4, 0.5) is 0 Å². The van der Waals surface area contributed by atoms with Crippen molar-refractivity contribution in [1.29, 1.82) is 0 Å². The van der Waals surface area contributed by atoms with Crippen LogP contribution >= 0.6 is 0 Å². The van der Waals surface area contributed by atoms with Crippen molar-refractivity contribution in [1.82, 2.24) is 24.2 Å². The number of aryl methyl sites for hydroxylation is 2. The zero-order valence-corrected chi connectivity index (χ0v) is 14.5. The molecule has 1 atom stereocenters. The van der Waals surface area contributed by atoms with Gasteiger partial charge in [-0.2, -0.15) is 5.10 Å². The molecule has 4 heterocycles. The first-order valence-corrected chi connectivity index (χ1v) is 9.02. The van der Waals surface area contributed by atoms with Gasteiger partial charge in [-0.25, -0.2) is 9.48 Å². The Morgan fingerprint density at radius 2 is 2.08 bits per heavy atom. The molecule has 0 spiro atoms. The first-order valence-electron chi connectivity index (χ1n) is 9.02. The minimum absolute atomic E-state index is 0.0832. The fourth-order valence-electron chi connectivity index (χ4n) is 3.89. The number of carbonyl (C=O) groups excluding carboxylic acids is 1. The van der Waals surface area contributed by atoms with Crippen LogP contribution in [0.2, 0.25) is 0 Å². The van der Waals surface area contributed by atoms with E-state index in [9.17, 15) is 9.59 Å². The first-order chi connectivity index (χ1) is 12.1. The summed E-state index contributed by atoms with van der Waals surface area (Å²) in [6, 6.07) is 3.46. The molecule has 1 amide bonds. The highest BCUT2D eigenvalue weighted by Gasteiger charge is 2.34. The number of likely N-dealkylation sites (tertiary alicyclic amines) is 1. The molecule has 1 fully saturated rings. The molecule has 0 bridgehead atoms. The zero-order valence-electron chi connectivity index (χ0n) is 14.5. The Morgan fingerprint density at radius 3 is 2.84 bits per heavy atom. The van der Waals surface area contributed by atoms with E-state index in [1.54, 1.807) is 10.8 Å². The van der Waals surface area contributed by atoms with Crippen LogP contribution in [-0.2, 0) is 17.8 Å². The monoisotopic (exact) mass is 341 g/mol. The quantitative estimate of drug-likeness (QED) is 0.843. The normalized spacial score (nSPS) is 19.9. The maximum Gasteiger partial charge on any atom is 0.346 e. The number of aromatic nitrogens is 4. The van der Waals surface area contributed by atoms with Gasteiger partial charge >= 0.3 is 5.69 Å². The maximum absolute atomic E-state index is 12.9. The molecule has 1 unspecified atom stereocenters. The van der Waals surface area contributed by atoms with Crippen molar-refractivity contribution in [2.45, 2.75) is 51.6 Å². The summed E-state index contributed by atoms with van der Waals surface area (Å²) in [5, 5.41) is 4.51. The molecular formula is C18H23N5O2. The van der Waals surface area contributed by atoms with Crippen LogP contribution in [0.1, 0.15) is 48.8 Å². The van der Waals surface area contributed by atoms with Crippen LogP contribution in [-0.4, -0.2) is 43.2 Å². The Hall–Kier alpha value is -2.44. The summed E-state index contributed by atoms with van der Waals surface area (Å²) in [7, 11) is 0. The van der Waals surface area contributed by atoms with Crippen molar-refractivity contribution < 1.29 is 4.79 Å². The van der Waals surface area contributed by atoms with Crippen molar-refractivity contribution >= 4 is 5.91 Å². The van der Waals surface area contributed by atoms with Crippen LogP contribution in [0.15, 0.2) is 23.1 Å². The minimum Gasteiger partial charge on any atom is -0.341 e. The molecule has 0 N–H and O–H groups in total. The van der Waals surface area contributed by atoms with Crippen molar-refractivity contribution in [2.75, 3.05) is 13.1 Å². The van der Waals surface area contributed by atoms with E-state index in [1.165, 1.54) is 4.68 Å². The number of carbonyl (C=O) groups is 1. The molecular weight excluding hydrogens is 318 g/mol. The summed E-state index contributed by atoms with van der Waals surface area (Å²) in [6.07, 6.45) is 6.23. The maximum atomic E-state index is 12.9. The summed E-state index contributed by atoms with van der Waals surface area (Å²) in [5.41, 5.74) is 1.73. The third-order valence-electron chi connectivity index (χ3n) is 5.13. The number of hydrogen-bond donors (Lipinski definition) is 0. The van der Waals surface area contributed by atoms with Crippen LogP contribution < -0.4 is 5.69 Å². The number of rotatable bonds is 3. The van der Waals surface area contributed by atoms with Gasteiger partial charge < -0.3 is 4.90 Å². The number of nitrogens with zero attached hydrogens (tertiary/aromatic N) is 5. The largest absolute Gasteiger partial charge is 0.346 e. The molecule has 7 heteroatoms. The topological polar surface area (TPSA) is 73.0 Å². The van der Waals surface area contributed by atoms with E-state index < -0.39 is 0 Å². The third-order valence-corrected chi connectivity index (χ3v) is 5.13. The molecule has 4 rings (SSSR count). The van der Waals surface area contributed by atoms with E-state index in [-0.39, 0.29) is 17.6 Å². The minimum atomic E-state index is -0.387. The van der Waals surface area contributed by atoms with Gasteiger partial charge in [-0.15, -0.1) is 0 Å². The second-order valence-corrected chi connectivity index (χ2v) is 6.97. The summed E-state index contributed by atoms with van der Waals surface area (Å²) in [4.78, 5) is 31.8. The van der Waals surface area contributed by atoms with Gasteiger partial charge in [0.15, 0.2) is 0 Å². The molecule has 7 nitrogen and oxygen atoms in total. The number of hydrogen-bond acceptors (Lipinski definition) is 4. The van der Waals surface area contributed by atoms with Crippen molar-refractivity contribution in [3.63, 3.8) is 0 Å². The molecule has 2 aliphatic rings. The molecule has 0 saturated carbocycles. The lowest BCUT2D eigenvalue weighted by Crippen LogP contribution is -2.41. The lowest BCUT2D eigenvalue weighted by molar-refractivity contribution is -0.134. The van der Waals surface area contributed by atoms with Gasteiger partial charge in [0.05, 0.1) is 6.54 Å². The van der Waals surface area contributed by atoms with Crippen LogP contribution in [0.5, 0.6) is 0 Å². The van der Waals surface area contributed by atoms with Gasteiger partial charge in [-0.3, -0.25) is 14.3 Å². The Balaban J connectivity index is 1.65. The molecule has 1 saturated heterocycles. The van der Waals surface area contributed by atoms with Gasteiger partial charge in [0.1, 0.15) is 11.9 Å². The molecule has 25 heavy (non-hydrogen) atoms. The van der Waals surface area contributed by atoms with E-state index >= 15 is 0 Å². The van der Waals surface area contributed by atoms with Gasteiger partial charge in [-0.1, -0.05) is 0 Å². The summed E-state index contributed by atoms with van der Waals surface area (Å²) < 4.78 is 3.12. The van der Waals surface area contributed by atoms with Gasteiger partial charge in [0.25, 0.3) is 0 Å². The Kier molecular flexibility index (Phi) is 4.15. The SMILES string of the molecule is Cc1cc(Cn2nc3n(c2=O)C(C(=O)N2CCCC2)CCC3)ccn1. The molecule has 2 aromatic heterocycles. The summed E-state index contributed by atoms with van der Waals surface area (Å²) >= 11 is 0. The van der Waals surface area contributed by atoms with E-state index in [2.05, 4.69) is 10.1 Å². The highest BCUT2D eigenvalue weighted by Crippen LogP contribution is 2.25. The second-order valence-electron chi connectivity index (χ2n) is 6.97. The molecule has 0 aliphatic carbocycles. The average molecular weight is 341 g/mol. The van der Waals surface area contributed by atoms with Crippen LogP contribution in [0.3, 0.4) is 0 Å². The van der Waals surface area contributed by atoms with E-state index in [1.807, 2.05) is 24.0 Å². The second kappa shape index (κ2) is 6.46. The van der Waals surface area contributed by atoms with Gasteiger partial charge in [0.2, 0.25) is 5.91 Å². The van der Waals surface area contributed by atoms with Crippen molar-refractivity contribution in [2.24, 2.45) is 0 Å². The number of pyridine rings is 1. The van der Waals surface area contributed by atoms with Crippen molar-refractivity contribution in [3.05, 3.63) is 45.9 Å². The molecule has 2 aromatic rings. The standard InChI is InChI=1S/C18H23N5O2/c1-13-11-14(7-8-19-13)12-22-18(25)23-15(5-4-6-16(23)20-22)17(24)21-9-2-3-10-21/h7-8,11,15H,2-6,9-10,12H2,1H3. The number of fused-ring (bicyclic) bond motifs is 1. The summed E-state index contributed by atoms with van der Waals surface area (Å²) in [5.74, 6) is 0.819. The molecule has 2 aliphatic heterocycles. The van der Waals surface area contributed by atoms with Gasteiger partial charge in [0, 0.05) is 31.4 Å². The zero-order chi connectivity index (χ0) is 17.4. The molecule has 0 aromatic carbocycles. The van der Waals surface area contributed by atoms with Crippen LogP contribution in [0.25, 0.3) is 0 Å². The Bertz CT molecular complexity index is 847. The molecule has 132 valence electrons. The Morgan fingerprint density at radius 1 is 1.28 bits per heavy atom. The van der Waals surface area contributed by atoms with Gasteiger partial charge in [-0.05, 0) is 50.3 Å². The van der Waals surface area contributed by atoms with Crippen LogP contribution in [0, 0.1) is 6.92 Å². The smallest absolute Gasteiger partial charge is 0.341 e. The fourth-order valence-corrected chi connectivity index (χ4v) is 3.89. The summed E-state index contributed by atoms with van der Waals surface area (Å²) in [6.45, 7) is 3.95. The molecule has 0 radical (unpaired) electrons. The fraction of sp³-hybridized carbons (Fsp3) is 0.556. The van der Waals surface area contributed by atoms with E-state index in [0.29, 0.717) is 6.54 Å². The highest BCUT2D eigenvalue weighted by molar-refractivity contribution is 5.80. The highest BCUT2D eigenvalue weighted by atomic mass is 16.2. The predicted octanol–water partition coefficient (Wildman–Crippen LogP) is 1.30. The number of amides is 1. The van der Waals surface area contributed by atoms with E-state index in [0.717, 1.165) is 62.3 Å². The third kappa shape index (κ3) is 2.99. The van der Waals surface area contributed by atoms with E-state index in [4.69, 9.17) is 0 Å². The Labute approximate surface area is 146 Å². The lowest BCUT2D eigenvalue weighted by atomic mass is 10.0. The predicted molar refractivity (Wildman–Crippen MR) is 92.4 cm³/mol. The average Bonchev–Trinajstić information content (AvgIpc) is 3.24.